The standard InChI is InChI=1S/C11H12ClNO3S2/c12-10-2-1-8(17)7-9(10)11(14)13-3-5-18(15,16)6-4-13/h1-2,7,17H,3-6H2. The third kappa shape index (κ3) is 2.99. The number of benzene rings is 1. The third-order valence-corrected chi connectivity index (χ3v) is 5.03. The van der Waals surface area contributed by atoms with Crippen LogP contribution in [0.5, 0.6) is 0 Å². The van der Waals surface area contributed by atoms with Crippen molar-refractivity contribution in [2.24, 2.45) is 0 Å². The molecule has 1 aromatic carbocycles. The number of rotatable bonds is 1. The van der Waals surface area contributed by atoms with Gasteiger partial charge in [-0.3, -0.25) is 4.79 Å². The Morgan fingerprint density at radius 1 is 1.28 bits per heavy atom. The molecule has 18 heavy (non-hydrogen) atoms. The number of thiol groups is 1. The first-order chi connectivity index (χ1) is 8.39. The van der Waals surface area contributed by atoms with Gasteiger partial charge < -0.3 is 4.90 Å². The summed E-state index contributed by atoms with van der Waals surface area (Å²) < 4.78 is 22.6. The number of carbonyl (C=O) groups is 1. The van der Waals surface area contributed by atoms with E-state index in [4.69, 9.17) is 11.6 Å². The fraction of sp³-hybridized carbons (Fsp3) is 0.364. The Morgan fingerprint density at radius 3 is 2.50 bits per heavy atom. The zero-order chi connectivity index (χ0) is 13.3. The first kappa shape index (κ1) is 13.7. The molecule has 0 bridgehead atoms. The summed E-state index contributed by atoms with van der Waals surface area (Å²) in [4.78, 5) is 14.4. The summed E-state index contributed by atoms with van der Waals surface area (Å²) in [6.45, 7) is 0.433. The van der Waals surface area contributed by atoms with Gasteiger partial charge in [0, 0.05) is 18.0 Å². The molecule has 1 saturated heterocycles. The fourth-order valence-corrected chi connectivity index (χ4v) is 3.37. The third-order valence-electron chi connectivity index (χ3n) is 2.81. The molecule has 1 aliphatic rings. The highest BCUT2D eigenvalue weighted by molar-refractivity contribution is 7.91. The molecule has 1 amide bonds. The first-order valence-electron chi connectivity index (χ1n) is 5.37. The van der Waals surface area contributed by atoms with E-state index in [1.54, 1.807) is 18.2 Å². The van der Waals surface area contributed by atoms with E-state index in [0.29, 0.717) is 15.5 Å². The van der Waals surface area contributed by atoms with Gasteiger partial charge in [0.15, 0.2) is 9.84 Å². The van der Waals surface area contributed by atoms with E-state index in [1.165, 1.54) is 4.90 Å². The van der Waals surface area contributed by atoms with Crippen LogP contribution in [-0.2, 0) is 9.84 Å². The molecule has 98 valence electrons. The average molecular weight is 306 g/mol. The van der Waals surface area contributed by atoms with Crippen LogP contribution in [0.25, 0.3) is 0 Å². The van der Waals surface area contributed by atoms with Gasteiger partial charge in [-0.1, -0.05) is 11.6 Å². The lowest BCUT2D eigenvalue weighted by molar-refractivity contribution is 0.0770. The Hall–Kier alpha value is -0.720. The number of nitrogens with zero attached hydrogens (tertiary/aromatic N) is 1. The maximum atomic E-state index is 12.2. The Bertz CT molecular complexity index is 572. The number of carbonyl (C=O) groups excluding carboxylic acids is 1. The van der Waals surface area contributed by atoms with Crippen molar-refractivity contribution in [2.75, 3.05) is 24.6 Å². The van der Waals surface area contributed by atoms with Gasteiger partial charge in [-0.25, -0.2) is 8.42 Å². The Labute approximate surface area is 116 Å². The molecule has 7 heteroatoms. The quantitative estimate of drug-likeness (QED) is 0.800. The summed E-state index contributed by atoms with van der Waals surface area (Å²) in [6.07, 6.45) is 0. The van der Waals surface area contributed by atoms with Gasteiger partial charge in [-0.05, 0) is 18.2 Å². The number of hydrogen-bond donors (Lipinski definition) is 1. The minimum absolute atomic E-state index is 0.0108. The average Bonchev–Trinajstić information content (AvgIpc) is 2.31. The van der Waals surface area contributed by atoms with Gasteiger partial charge in [0.2, 0.25) is 0 Å². The van der Waals surface area contributed by atoms with Crippen LogP contribution in [0, 0.1) is 0 Å². The molecule has 1 aliphatic heterocycles. The normalized spacial score (nSPS) is 18.7. The minimum Gasteiger partial charge on any atom is -0.337 e. The van der Waals surface area contributed by atoms with Crippen LogP contribution in [0.15, 0.2) is 23.1 Å². The van der Waals surface area contributed by atoms with Gasteiger partial charge >= 0.3 is 0 Å². The lowest BCUT2D eigenvalue weighted by Crippen LogP contribution is -2.43. The molecule has 0 N–H and O–H groups in total. The van der Waals surface area contributed by atoms with Crippen LogP contribution in [0.3, 0.4) is 0 Å². The van der Waals surface area contributed by atoms with Gasteiger partial charge in [0.25, 0.3) is 5.91 Å². The van der Waals surface area contributed by atoms with Crippen LogP contribution in [0.1, 0.15) is 10.4 Å². The highest BCUT2D eigenvalue weighted by Crippen LogP contribution is 2.22. The highest BCUT2D eigenvalue weighted by Gasteiger charge is 2.26. The molecule has 0 spiro atoms. The molecule has 0 atom stereocenters. The van der Waals surface area contributed by atoms with E-state index in [2.05, 4.69) is 12.6 Å². The van der Waals surface area contributed by atoms with Gasteiger partial charge in [0.05, 0.1) is 22.1 Å². The molecular formula is C11H12ClNO3S2. The Morgan fingerprint density at radius 2 is 1.89 bits per heavy atom. The van der Waals surface area contributed by atoms with Crippen molar-refractivity contribution in [2.45, 2.75) is 4.90 Å². The second kappa shape index (κ2) is 5.11. The molecule has 1 fully saturated rings. The Kier molecular flexibility index (Phi) is 3.89. The van der Waals surface area contributed by atoms with E-state index in [-0.39, 0.29) is 30.5 Å². The molecule has 0 aliphatic carbocycles. The lowest BCUT2D eigenvalue weighted by atomic mass is 10.2. The summed E-state index contributed by atoms with van der Waals surface area (Å²) in [5.41, 5.74) is 0.364. The maximum Gasteiger partial charge on any atom is 0.255 e. The summed E-state index contributed by atoms with van der Waals surface area (Å²) in [7, 11) is -2.99. The number of halogens is 1. The van der Waals surface area contributed by atoms with Crippen molar-refractivity contribution < 1.29 is 13.2 Å². The lowest BCUT2D eigenvalue weighted by Gasteiger charge is -2.27. The van der Waals surface area contributed by atoms with Crippen molar-refractivity contribution in [3.8, 4) is 0 Å². The van der Waals surface area contributed by atoms with E-state index >= 15 is 0 Å². The van der Waals surface area contributed by atoms with Crippen LogP contribution in [0.2, 0.25) is 5.02 Å². The molecule has 4 nitrogen and oxygen atoms in total. The monoisotopic (exact) mass is 305 g/mol. The van der Waals surface area contributed by atoms with Crippen molar-refractivity contribution >= 4 is 40.0 Å². The van der Waals surface area contributed by atoms with E-state index in [9.17, 15) is 13.2 Å². The van der Waals surface area contributed by atoms with Crippen LogP contribution >= 0.6 is 24.2 Å². The summed E-state index contributed by atoms with van der Waals surface area (Å²) >= 11 is 10.1. The number of sulfone groups is 1. The second-order valence-electron chi connectivity index (χ2n) is 4.11. The Balaban J connectivity index is 2.20. The highest BCUT2D eigenvalue weighted by atomic mass is 35.5. The second-order valence-corrected chi connectivity index (χ2v) is 7.34. The minimum atomic E-state index is -2.99. The molecule has 0 unspecified atom stereocenters. The van der Waals surface area contributed by atoms with Gasteiger partial charge in [-0.15, -0.1) is 12.6 Å². The topological polar surface area (TPSA) is 54.5 Å². The SMILES string of the molecule is O=C(c1cc(S)ccc1Cl)N1CCS(=O)(=O)CC1. The molecule has 0 saturated carbocycles. The summed E-state index contributed by atoms with van der Waals surface area (Å²) in [5, 5.41) is 0.353. The van der Waals surface area contributed by atoms with Crippen molar-refractivity contribution in [1.82, 2.24) is 4.90 Å². The molecule has 2 rings (SSSR count). The van der Waals surface area contributed by atoms with Crippen molar-refractivity contribution in [1.29, 1.82) is 0 Å². The van der Waals surface area contributed by atoms with E-state index in [1.807, 2.05) is 0 Å². The molecular weight excluding hydrogens is 294 g/mol. The van der Waals surface area contributed by atoms with Gasteiger partial charge in [0.1, 0.15) is 0 Å². The van der Waals surface area contributed by atoms with Crippen LogP contribution in [0.4, 0.5) is 0 Å². The molecule has 1 heterocycles. The van der Waals surface area contributed by atoms with E-state index < -0.39 is 9.84 Å². The molecule has 0 radical (unpaired) electrons. The smallest absolute Gasteiger partial charge is 0.255 e. The molecule has 0 aromatic heterocycles. The zero-order valence-electron chi connectivity index (χ0n) is 9.47. The van der Waals surface area contributed by atoms with Crippen LogP contribution in [-0.4, -0.2) is 43.8 Å². The van der Waals surface area contributed by atoms with Crippen LogP contribution < -0.4 is 0 Å². The first-order valence-corrected chi connectivity index (χ1v) is 8.02. The number of hydrogen-bond acceptors (Lipinski definition) is 4. The fourth-order valence-electron chi connectivity index (χ4n) is 1.76. The van der Waals surface area contributed by atoms with Gasteiger partial charge in [-0.2, -0.15) is 0 Å². The largest absolute Gasteiger partial charge is 0.337 e. The maximum absolute atomic E-state index is 12.2. The summed E-state index contributed by atoms with van der Waals surface area (Å²) in [5.74, 6) is -0.223. The van der Waals surface area contributed by atoms with Crippen molar-refractivity contribution in [3.63, 3.8) is 0 Å². The number of amides is 1. The predicted molar refractivity (Wildman–Crippen MR) is 73.3 cm³/mol. The summed E-state index contributed by atoms with van der Waals surface area (Å²) in [6, 6.07) is 4.90. The van der Waals surface area contributed by atoms with Crippen molar-refractivity contribution in [3.05, 3.63) is 28.8 Å². The predicted octanol–water partition coefficient (Wildman–Crippen LogP) is 1.50. The van der Waals surface area contributed by atoms with E-state index in [0.717, 1.165) is 0 Å². The zero-order valence-corrected chi connectivity index (χ0v) is 11.9. The molecule has 1 aromatic rings.